The molecule has 156 valence electrons. The van der Waals surface area contributed by atoms with E-state index < -0.39 is 76.4 Å². The first-order chi connectivity index (χ1) is 13.3. The van der Waals surface area contributed by atoms with Crippen LogP contribution in [0.3, 0.4) is 0 Å². The molecule has 0 spiro atoms. The molecule has 1 unspecified atom stereocenters. The van der Waals surface area contributed by atoms with Crippen molar-refractivity contribution in [1.29, 1.82) is 0 Å². The maximum absolute atomic E-state index is 14.0. The standard InChI is InChI=1S/C18H16F4N2O5/c1-18(2,3)29-17(28)24-9(25)5-4-8(15(24)26)23-6-7-10(16(23)27)12(20)14(22)13(21)11(7)19/h8H,4-6H2,1-3H3. The van der Waals surface area contributed by atoms with E-state index in [0.29, 0.717) is 4.90 Å². The lowest BCUT2D eigenvalue weighted by Crippen LogP contribution is -2.57. The summed E-state index contributed by atoms with van der Waals surface area (Å²) in [6, 6.07) is -1.44. The van der Waals surface area contributed by atoms with E-state index in [2.05, 4.69) is 0 Å². The Kier molecular flexibility index (Phi) is 4.88. The molecule has 1 atom stereocenters. The van der Waals surface area contributed by atoms with Crippen molar-refractivity contribution in [2.45, 2.75) is 51.8 Å². The van der Waals surface area contributed by atoms with Gasteiger partial charge < -0.3 is 9.64 Å². The minimum absolute atomic E-state index is 0.226. The van der Waals surface area contributed by atoms with Crippen molar-refractivity contribution in [2.75, 3.05) is 0 Å². The number of amides is 4. The third-order valence-electron chi connectivity index (χ3n) is 4.51. The Morgan fingerprint density at radius 1 is 1.00 bits per heavy atom. The zero-order chi connectivity index (χ0) is 21.8. The molecule has 3 rings (SSSR count). The van der Waals surface area contributed by atoms with Crippen molar-refractivity contribution in [3.8, 4) is 0 Å². The largest absolute Gasteiger partial charge is 0.443 e. The number of benzene rings is 1. The minimum Gasteiger partial charge on any atom is -0.443 e. The highest BCUT2D eigenvalue weighted by Gasteiger charge is 2.48. The summed E-state index contributed by atoms with van der Waals surface area (Å²) < 4.78 is 60.1. The van der Waals surface area contributed by atoms with Crippen molar-refractivity contribution in [2.24, 2.45) is 0 Å². The number of piperidine rings is 1. The third kappa shape index (κ3) is 3.34. The highest BCUT2D eigenvalue weighted by Crippen LogP contribution is 2.34. The number of ether oxygens (including phenoxy) is 1. The van der Waals surface area contributed by atoms with Crippen LogP contribution < -0.4 is 0 Å². The van der Waals surface area contributed by atoms with E-state index in [1.165, 1.54) is 20.8 Å². The molecule has 4 amide bonds. The molecule has 0 aliphatic carbocycles. The maximum atomic E-state index is 14.0. The van der Waals surface area contributed by atoms with E-state index in [4.69, 9.17) is 4.74 Å². The van der Waals surface area contributed by atoms with Crippen LogP contribution in [0, 0.1) is 23.3 Å². The van der Waals surface area contributed by atoms with E-state index in [0.717, 1.165) is 0 Å². The molecule has 2 aliphatic rings. The Morgan fingerprint density at radius 3 is 2.17 bits per heavy atom. The van der Waals surface area contributed by atoms with Crippen LogP contribution in [0.15, 0.2) is 0 Å². The van der Waals surface area contributed by atoms with Gasteiger partial charge in [0.1, 0.15) is 11.6 Å². The Bertz CT molecular complexity index is 957. The van der Waals surface area contributed by atoms with Crippen LogP contribution >= 0.6 is 0 Å². The van der Waals surface area contributed by atoms with Crippen LogP contribution in [0.5, 0.6) is 0 Å². The van der Waals surface area contributed by atoms with Gasteiger partial charge in [-0.25, -0.2) is 22.4 Å². The highest BCUT2D eigenvalue weighted by atomic mass is 19.2. The summed E-state index contributed by atoms with van der Waals surface area (Å²) >= 11 is 0. The fourth-order valence-electron chi connectivity index (χ4n) is 3.24. The van der Waals surface area contributed by atoms with Crippen molar-refractivity contribution in [1.82, 2.24) is 9.80 Å². The molecule has 1 aromatic rings. The normalized spacial score (nSPS) is 19.7. The fraction of sp³-hybridized carbons (Fsp3) is 0.444. The number of halogens is 4. The number of imide groups is 3. The van der Waals surface area contributed by atoms with Crippen molar-refractivity contribution in [3.05, 3.63) is 34.4 Å². The van der Waals surface area contributed by atoms with Crippen LogP contribution in [0.25, 0.3) is 0 Å². The van der Waals surface area contributed by atoms with Crippen molar-refractivity contribution >= 4 is 23.8 Å². The number of carbonyl (C=O) groups excluding carboxylic acids is 4. The minimum atomic E-state index is -2.14. The van der Waals surface area contributed by atoms with Gasteiger partial charge in [0.2, 0.25) is 5.91 Å². The molecule has 2 aliphatic heterocycles. The van der Waals surface area contributed by atoms with Crippen molar-refractivity contribution < 1.29 is 41.5 Å². The van der Waals surface area contributed by atoms with Crippen LogP contribution in [-0.2, 0) is 20.9 Å². The lowest BCUT2D eigenvalue weighted by atomic mass is 10.0. The molecular formula is C18H16F4N2O5. The summed E-state index contributed by atoms with van der Waals surface area (Å²) in [4.78, 5) is 50.5. The van der Waals surface area contributed by atoms with Gasteiger partial charge in [-0.2, -0.15) is 4.90 Å². The van der Waals surface area contributed by atoms with Gasteiger partial charge in [-0.15, -0.1) is 0 Å². The van der Waals surface area contributed by atoms with Gasteiger partial charge in [0, 0.05) is 12.0 Å². The second kappa shape index (κ2) is 6.82. The van der Waals surface area contributed by atoms with Gasteiger partial charge in [0.15, 0.2) is 23.3 Å². The quantitative estimate of drug-likeness (QED) is 0.304. The number of fused-ring (bicyclic) bond motifs is 1. The monoisotopic (exact) mass is 416 g/mol. The first-order valence-electron chi connectivity index (χ1n) is 8.60. The number of likely N-dealkylation sites (tertiary alicyclic amines) is 1. The molecular weight excluding hydrogens is 400 g/mol. The molecule has 0 bridgehead atoms. The molecule has 0 radical (unpaired) electrons. The van der Waals surface area contributed by atoms with Crippen LogP contribution in [0.2, 0.25) is 0 Å². The Balaban J connectivity index is 1.93. The topological polar surface area (TPSA) is 84.0 Å². The zero-order valence-electron chi connectivity index (χ0n) is 15.6. The second-order valence-corrected chi connectivity index (χ2v) is 7.64. The first kappa shape index (κ1) is 20.7. The van der Waals surface area contributed by atoms with Gasteiger partial charge in [-0.05, 0) is 27.2 Å². The molecule has 0 saturated carbocycles. The van der Waals surface area contributed by atoms with E-state index in [-0.39, 0.29) is 17.7 Å². The maximum Gasteiger partial charge on any atom is 0.424 e. The van der Waals surface area contributed by atoms with E-state index in [9.17, 15) is 36.7 Å². The van der Waals surface area contributed by atoms with E-state index in [1.54, 1.807) is 0 Å². The average Bonchev–Trinajstić information content (AvgIpc) is 2.94. The van der Waals surface area contributed by atoms with Crippen LogP contribution in [0.1, 0.15) is 49.5 Å². The number of hydrogen-bond donors (Lipinski definition) is 0. The summed E-state index contributed by atoms with van der Waals surface area (Å²) in [5.41, 5.74) is -2.78. The smallest absolute Gasteiger partial charge is 0.424 e. The van der Waals surface area contributed by atoms with Crippen LogP contribution in [-0.4, -0.2) is 45.3 Å². The van der Waals surface area contributed by atoms with Gasteiger partial charge in [-0.3, -0.25) is 14.4 Å². The van der Waals surface area contributed by atoms with Gasteiger partial charge >= 0.3 is 6.09 Å². The lowest BCUT2D eigenvalue weighted by molar-refractivity contribution is -0.150. The molecule has 1 saturated heterocycles. The third-order valence-corrected chi connectivity index (χ3v) is 4.51. The Morgan fingerprint density at radius 2 is 1.59 bits per heavy atom. The molecule has 7 nitrogen and oxygen atoms in total. The Labute approximate surface area is 162 Å². The molecule has 0 aromatic heterocycles. The van der Waals surface area contributed by atoms with Crippen LogP contribution in [0.4, 0.5) is 22.4 Å². The molecule has 11 heteroatoms. The van der Waals surface area contributed by atoms with Gasteiger partial charge in [0.05, 0.1) is 12.1 Å². The summed E-state index contributed by atoms with van der Waals surface area (Å²) in [6.07, 6.45) is -1.82. The van der Waals surface area contributed by atoms with E-state index >= 15 is 0 Å². The second-order valence-electron chi connectivity index (χ2n) is 7.64. The summed E-state index contributed by atoms with van der Waals surface area (Å²) in [7, 11) is 0. The van der Waals surface area contributed by atoms with Gasteiger partial charge in [0.25, 0.3) is 11.8 Å². The van der Waals surface area contributed by atoms with E-state index in [1.807, 2.05) is 0 Å². The number of rotatable bonds is 1. The fourth-order valence-corrected chi connectivity index (χ4v) is 3.24. The zero-order valence-corrected chi connectivity index (χ0v) is 15.6. The summed E-state index contributed by atoms with van der Waals surface area (Å²) in [6.45, 7) is 3.81. The molecule has 1 aromatic carbocycles. The lowest BCUT2D eigenvalue weighted by Gasteiger charge is -2.35. The number of hydrogen-bond acceptors (Lipinski definition) is 5. The predicted molar refractivity (Wildman–Crippen MR) is 87.3 cm³/mol. The first-order valence-corrected chi connectivity index (χ1v) is 8.60. The molecule has 1 fully saturated rings. The molecule has 29 heavy (non-hydrogen) atoms. The highest BCUT2D eigenvalue weighted by molar-refractivity contribution is 6.13. The number of nitrogens with zero attached hydrogens (tertiary/aromatic N) is 2. The number of carbonyl (C=O) groups is 4. The molecule has 2 heterocycles. The summed E-state index contributed by atoms with van der Waals surface area (Å²) in [5, 5.41) is 0. The van der Waals surface area contributed by atoms with Gasteiger partial charge in [-0.1, -0.05) is 0 Å². The SMILES string of the molecule is CC(C)(C)OC(=O)N1C(=O)CCC(N2Cc3c(F)c(F)c(F)c(F)c3C2=O)C1=O. The predicted octanol–water partition coefficient (Wildman–Crippen LogP) is 2.65. The molecule has 0 N–H and O–H groups in total. The average molecular weight is 416 g/mol. The van der Waals surface area contributed by atoms with Crippen molar-refractivity contribution in [3.63, 3.8) is 0 Å². The Hall–Kier alpha value is -2.98. The summed E-state index contributed by atoms with van der Waals surface area (Å²) in [5.74, 6) is -11.1.